The lowest BCUT2D eigenvalue weighted by Gasteiger charge is -2.19. The fraction of sp³-hybridized carbons (Fsp3) is 0.400. The van der Waals surface area contributed by atoms with E-state index in [0.29, 0.717) is 5.75 Å². The second-order valence-corrected chi connectivity index (χ2v) is 4.68. The summed E-state index contributed by atoms with van der Waals surface area (Å²) in [6.07, 6.45) is 3.78. The Morgan fingerprint density at radius 2 is 2.05 bits per heavy atom. The molecule has 4 heteroatoms. The molecular formula is C15H21N3O. The third kappa shape index (κ3) is 2.89. The third-order valence-corrected chi connectivity index (χ3v) is 3.29. The number of phenolic OH excluding ortho intramolecular Hbond substituents is 1. The number of benzene rings is 1. The van der Waals surface area contributed by atoms with Crippen molar-refractivity contribution in [1.82, 2.24) is 9.78 Å². The maximum Gasteiger partial charge on any atom is 0.120 e. The van der Waals surface area contributed by atoms with Gasteiger partial charge in [-0.2, -0.15) is 5.10 Å². The number of hydrogen-bond acceptors (Lipinski definition) is 3. The SMILES string of the molecule is CCc1nn(C)cc1NC(CC)c1ccccc1O. The Bertz CT molecular complexity index is 548. The molecule has 19 heavy (non-hydrogen) atoms. The van der Waals surface area contributed by atoms with E-state index in [2.05, 4.69) is 24.3 Å². The monoisotopic (exact) mass is 259 g/mol. The van der Waals surface area contributed by atoms with Crippen LogP contribution in [0.1, 0.15) is 37.6 Å². The fourth-order valence-corrected chi connectivity index (χ4v) is 2.29. The van der Waals surface area contributed by atoms with Crippen molar-refractivity contribution in [2.45, 2.75) is 32.7 Å². The molecule has 0 fully saturated rings. The van der Waals surface area contributed by atoms with Gasteiger partial charge in [0.2, 0.25) is 0 Å². The highest BCUT2D eigenvalue weighted by Gasteiger charge is 2.15. The van der Waals surface area contributed by atoms with Gasteiger partial charge >= 0.3 is 0 Å². The van der Waals surface area contributed by atoms with Crippen LogP contribution in [0, 0.1) is 0 Å². The summed E-state index contributed by atoms with van der Waals surface area (Å²) >= 11 is 0. The molecule has 0 saturated heterocycles. The van der Waals surface area contributed by atoms with Crippen LogP contribution in [0.5, 0.6) is 5.75 Å². The Kier molecular flexibility index (Phi) is 4.10. The maximum atomic E-state index is 9.96. The Morgan fingerprint density at radius 3 is 2.68 bits per heavy atom. The Hall–Kier alpha value is -1.97. The number of aromatic hydroxyl groups is 1. The molecule has 1 heterocycles. The summed E-state index contributed by atoms with van der Waals surface area (Å²) in [5, 5.41) is 17.9. The number of para-hydroxylation sites is 1. The number of nitrogens with one attached hydrogen (secondary N) is 1. The molecular weight excluding hydrogens is 238 g/mol. The first-order valence-electron chi connectivity index (χ1n) is 6.72. The lowest BCUT2D eigenvalue weighted by atomic mass is 10.0. The molecule has 0 spiro atoms. The van der Waals surface area contributed by atoms with E-state index >= 15 is 0 Å². The summed E-state index contributed by atoms with van der Waals surface area (Å²) in [5.74, 6) is 0.337. The zero-order chi connectivity index (χ0) is 13.8. The van der Waals surface area contributed by atoms with Gasteiger partial charge in [0.1, 0.15) is 5.75 Å². The van der Waals surface area contributed by atoms with Crippen molar-refractivity contribution < 1.29 is 5.11 Å². The standard InChI is InChI=1S/C15H21N3O/c1-4-12(11-8-6-7-9-15(11)19)16-14-10-18(3)17-13(14)5-2/h6-10,12,16,19H,4-5H2,1-3H3. The van der Waals surface area contributed by atoms with Gasteiger partial charge in [-0.15, -0.1) is 0 Å². The van der Waals surface area contributed by atoms with Gasteiger partial charge < -0.3 is 10.4 Å². The van der Waals surface area contributed by atoms with Crippen molar-refractivity contribution in [3.05, 3.63) is 41.7 Å². The Morgan fingerprint density at radius 1 is 1.32 bits per heavy atom. The zero-order valence-corrected chi connectivity index (χ0v) is 11.7. The van der Waals surface area contributed by atoms with Crippen molar-refractivity contribution in [3.63, 3.8) is 0 Å². The maximum absolute atomic E-state index is 9.96. The highest BCUT2D eigenvalue weighted by Crippen LogP contribution is 2.30. The Balaban J connectivity index is 2.26. The second kappa shape index (κ2) is 5.78. The molecule has 1 aromatic heterocycles. The molecule has 2 N–H and O–H groups in total. The van der Waals surface area contributed by atoms with Crippen LogP contribution in [-0.4, -0.2) is 14.9 Å². The van der Waals surface area contributed by atoms with Gasteiger partial charge in [-0.05, 0) is 18.9 Å². The predicted molar refractivity (Wildman–Crippen MR) is 77.3 cm³/mol. The van der Waals surface area contributed by atoms with Crippen LogP contribution in [-0.2, 0) is 13.5 Å². The molecule has 0 aliphatic rings. The summed E-state index contributed by atoms with van der Waals surface area (Å²) in [4.78, 5) is 0. The normalized spacial score (nSPS) is 12.4. The van der Waals surface area contributed by atoms with Crippen molar-refractivity contribution in [3.8, 4) is 5.75 Å². The van der Waals surface area contributed by atoms with Crippen LogP contribution in [0.3, 0.4) is 0 Å². The summed E-state index contributed by atoms with van der Waals surface area (Å²) < 4.78 is 1.82. The first kappa shape index (κ1) is 13.5. The average molecular weight is 259 g/mol. The van der Waals surface area contributed by atoms with Gasteiger partial charge in [-0.1, -0.05) is 32.0 Å². The molecule has 4 nitrogen and oxygen atoms in total. The van der Waals surface area contributed by atoms with Crippen LogP contribution in [0.4, 0.5) is 5.69 Å². The van der Waals surface area contributed by atoms with E-state index in [0.717, 1.165) is 29.8 Å². The van der Waals surface area contributed by atoms with Gasteiger partial charge in [0.15, 0.2) is 0 Å². The zero-order valence-electron chi connectivity index (χ0n) is 11.7. The topological polar surface area (TPSA) is 50.1 Å². The Labute approximate surface area is 114 Å². The first-order valence-corrected chi connectivity index (χ1v) is 6.72. The summed E-state index contributed by atoms with van der Waals surface area (Å²) in [6, 6.07) is 7.56. The van der Waals surface area contributed by atoms with E-state index < -0.39 is 0 Å². The van der Waals surface area contributed by atoms with E-state index in [1.165, 1.54) is 0 Å². The summed E-state index contributed by atoms with van der Waals surface area (Å²) in [6.45, 7) is 4.19. The summed E-state index contributed by atoms with van der Waals surface area (Å²) in [7, 11) is 1.92. The smallest absolute Gasteiger partial charge is 0.120 e. The molecule has 2 rings (SSSR count). The van der Waals surface area contributed by atoms with Gasteiger partial charge in [0.25, 0.3) is 0 Å². The molecule has 0 aliphatic carbocycles. The number of aryl methyl sites for hydroxylation is 2. The number of rotatable bonds is 5. The minimum absolute atomic E-state index is 0.0932. The van der Waals surface area contributed by atoms with E-state index in [-0.39, 0.29) is 6.04 Å². The van der Waals surface area contributed by atoms with Crippen molar-refractivity contribution in [1.29, 1.82) is 0 Å². The quantitative estimate of drug-likeness (QED) is 0.866. The number of anilines is 1. The lowest BCUT2D eigenvalue weighted by molar-refractivity contribution is 0.462. The molecule has 0 amide bonds. The minimum atomic E-state index is 0.0932. The molecule has 2 aromatic rings. The fourth-order valence-electron chi connectivity index (χ4n) is 2.29. The van der Waals surface area contributed by atoms with Gasteiger partial charge in [0.05, 0.1) is 17.4 Å². The molecule has 0 bridgehead atoms. The highest BCUT2D eigenvalue weighted by molar-refractivity contribution is 5.50. The second-order valence-electron chi connectivity index (χ2n) is 4.68. The number of hydrogen-bond donors (Lipinski definition) is 2. The molecule has 0 radical (unpaired) electrons. The van der Waals surface area contributed by atoms with E-state index in [4.69, 9.17) is 0 Å². The molecule has 0 aliphatic heterocycles. The highest BCUT2D eigenvalue weighted by atomic mass is 16.3. The van der Waals surface area contributed by atoms with E-state index in [9.17, 15) is 5.11 Å². The number of nitrogens with zero attached hydrogens (tertiary/aromatic N) is 2. The minimum Gasteiger partial charge on any atom is -0.508 e. The largest absolute Gasteiger partial charge is 0.508 e. The third-order valence-electron chi connectivity index (χ3n) is 3.29. The first-order chi connectivity index (χ1) is 9.15. The summed E-state index contributed by atoms with van der Waals surface area (Å²) in [5.41, 5.74) is 3.02. The lowest BCUT2D eigenvalue weighted by Crippen LogP contribution is -2.10. The van der Waals surface area contributed by atoms with Crippen LogP contribution in [0.25, 0.3) is 0 Å². The number of phenols is 1. The predicted octanol–water partition coefficient (Wildman–Crippen LogP) is 3.25. The number of aromatic nitrogens is 2. The molecule has 1 unspecified atom stereocenters. The van der Waals surface area contributed by atoms with Crippen LogP contribution < -0.4 is 5.32 Å². The van der Waals surface area contributed by atoms with Gasteiger partial charge in [0, 0.05) is 18.8 Å². The van der Waals surface area contributed by atoms with Gasteiger partial charge in [-0.25, -0.2) is 0 Å². The molecule has 1 aromatic carbocycles. The van der Waals surface area contributed by atoms with Crippen molar-refractivity contribution in [2.24, 2.45) is 7.05 Å². The molecule has 0 saturated carbocycles. The molecule has 1 atom stereocenters. The van der Waals surface area contributed by atoms with Crippen LogP contribution in [0.2, 0.25) is 0 Å². The van der Waals surface area contributed by atoms with E-state index in [1.54, 1.807) is 6.07 Å². The van der Waals surface area contributed by atoms with Crippen molar-refractivity contribution in [2.75, 3.05) is 5.32 Å². The van der Waals surface area contributed by atoms with Crippen molar-refractivity contribution >= 4 is 5.69 Å². The van der Waals surface area contributed by atoms with Gasteiger partial charge in [-0.3, -0.25) is 4.68 Å². The van der Waals surface area contributed by atoms with E-state index in [1.807, 2.05) is 36.1 Å². The average Bonchev–Trinajstić information content (AvgIpc) is 2.77. The molecule has 102 valence electrons. The van der Waals surface area contributed by atoms with Crippen LogP contribution in [0.15, 0.2) is 30.5 Å². The van der Waals surface area contributed by atoms with Crippen LogP contribution >= 0.6 is 0 Å².